The highest BCUT2D eigenvalue weighted by Crippen LogP contribution is 2.34. The van der Waals surface area contributed by atoms with Crippen LogP contribution in [0.5, 0.6) is 5.88 Å². The van der Waals surface area contributed by atoms with Gasteiger partial charge in [-0.3, -0.25) is 19.8 Å². The molecule has 1 N–H and O–H groups in total. The van der Waals surface area contributed by atoms with E-state index in [2.05, 4.69) is 55.3 Å². The molecule has 10 nitrogen and oxygen atoms in total. The van der Waals surface area contributed by atoms with Crippen molar-refractivity contribution in [3.05, 3.63) is 102 Å². The number of nitrogens with one attached hydrogen (secondary N) is 1. The summed E-state index contributed by atoms with van der Waals surface area (Å²) in [5, 5.41) is 8.07. The van der Waals surface area contributed by atoms with Crippen LogP contribution in [0.25, 0.3) is 22.1 Å². The van der Waals surface area contributed by atoms with E-state index in [1.54, 1.807) is 17.1 Å². The summed E-state index contributed by atoms with van der Waals surface area (Å²) in [6, 6.07) is 24.1. The van der Waals surface area contributed by atoms with Crippen molar-refractivity contribution in [3.63, 3.8) is 0 Å². The SMILES string of the molecule is CCn1cnc(NC(=O)c2cc3c(nc2OC)nc(C(c2ccccc2)c2ccc4ccccc4n2)n3CC)n1. The van der Waals surface area contributed by atoms with Crippen LogP contribution in [-0.2, 0) is 13.1 Å². The number of aromatic nitrogens is 7. The number of hydrogen-bond acceptors (Lipinski definition) is 7. The highest BCUT2D eigenvalue weighted by atomic mass is 16.5. The lowest BCUT2D eigenvalue weighted by Gasteiger charge is -2.19. The Morgan fingerprint density at radius 2 is 1.75 bits per heavy atom. The van der Waals surface area contributed by atoms with Gasteiger partial charge >= 0.3 is 0 Å². The van der Waals surface area contributed by atoms with Gasteiger partial charge in [0.25, 0.3) is 5.91 Å². The number of amides is 1. The molecule has 40 heavy (non-hydrogen) atoms. The fourth-order valence-corrected chi connectivity index (χ4v) is 4.93. The second-order valence-corrected chi connectivity index (χ2v) is 9.25. The van der Waals surface area contributed by atoms with E-state index in [0.717, 1.165) is 33.5 Å². The van der Waals surface area contributed by atoms with Gasteiger partial charge in [0.1, 0.15) is 17.7 Å². The third kappa shape index (κ3) is 4.53. The first-order valence-corrected chi connectivity index (χ1v) is 13.2. The van der Waals surface area contributed by atoms with E-state index in [0.29, 0.717) is 18.7 Å². The van der Waals surface area contributed by atoms with Crippen LogP contribution in [0.15, 0.2) is 79.1 Å². The van der Waals surface area contributed by atoms with Crippen molar-refractivity contribution in [2.45, 2.75) is 32.9 Å². The van der Waals surface area contributed by atoms with Crippen LogP contribution in [0.2, 0.25) is 0 Å². The molecule has 6 rings (SSSR count). The normalized spacial score (nSPS) is 12.1. The van der Waals surface area contributed by atoms with E-state index in [4.69, 9.17) is 14.7 Å². The van der Waals surface area contributed by atoms with Gasteiger partial charge in [0.05, 0.1) is 29.8 Å². The number of methoxy groups -OCH3 is 1. The number of carbonyl (C=O) groups is 1. The summed E-state index contributed by atoms with van der Waals surface area (Å²) in [5.74, 6) is 0.492. The molecule has 4 aromatic heterocycles. The molecule has 0 aliphatic rings. The lowest BCUT2D eigenvalue weighted by molar-refractivity contribution is 0.102. The maximum absolute atomic E-state index is 13.3. The van der Waals surface area contributed by atoms with Crippen molar-refractivity contribution in [1.82, 2.24) is 34.3 Å². The Morgan fingerprint density at radius 3 is 2.50 bits per heavy atom. The number of pyridine rings is 2. The summed E-state index contributed by atoms with van der Waals surface area (Å²) >= 11 is 0. The Balaban J connectivity index is 1.50. The average Bonchev–Trinajstić information content (AvgIpc) is 3.60. The Labute approximate surface area is 230 Å². The highest BCUT2D eigenvalue weighted by Gasteiger charge is 2.27. The highest BCUT2D eigenvalue weighted by molar-refractivity contribution is 6.06. The summed E-state index contributed by atoms with van der Waals surface area (Å²) in [4.78, 5) is 32.1. The molecule has 0 saturated heterocycles. The van der Waals surface area contributed by atoms with E-state index < -0.39 is 5.91 Å². The first kappa shape index (κ1) is 25.2. The van der Waals surface area contributed by atoms with Gasteiger partial charge in [-0.1, -0.05) is 54.6 Å². The van der Waals surface area contributed by atoms with Gasteiger partial charge in [-0.05, 0) is 37.6 Å². The Morgan fingerprint density at radius 1 is 0.950 bits per heavy atom. The monoisotopic (exact) mass is 532 g/mol. The number of hydrogen-bond donors (Lipinski definition) is 1. The molecule has 2 aromatic carbocycles. The van der Waals surface area contributed by atoms with Gasteiger partial charge in [0, 0.05) is 18.5 Å². The predicted molar refractivity (Wildman–Crippen MR) is 153 cm³/mol. The van der Waals surface area contributed by atoms with Crippen molar-refractivity contribution in [2.24, 2.45) is 0 Å². The Bertz CT molecular complexity index is 1830. The third-order valence-electron chi connectivity index (χ3n) is 6.88. The van der Waals surface area contributed by atoms with Crippen molar-refractivity contribution >= 4 is 33.9 Å². The summed E-state index contributed by atoms with van der Waals surface area (Å²) in [6.07, 6.45) is 1.57. The van der Waals surface area contributed by atoms with E-state index in [1.807, 2.05) is 50.2 Å². The number of anilines is 1. The van der Waals surface area contributed by atoms with Crippen LogP contribution >= 0.6 is 0 Å². The summed E-state index contributed by atoms with van der Waals surface area (Å²) in [5.41, 5.74) is 4.31. The van der Waals surface area contributed by atoms with E-state index in [-0.39, 0.29) is 23.3 Å². The van der Waals surface area contributed by atoms with Crippen LogP contribution in [0.3, 0.4) is 0 Å². The molecule has 0 fully saturated rings. The molecule has 0 aliphatic heterocycles. The molecule has 10 heteroatoms. The number of aryl methyl sites for hydroxylation is 2. The molecule has 0 bridgehead atoms. The molecule has 0 saturated carbocycles. The second kappa shape index (κ2) is 10.6. The zero-order valence-corrected chi connectivity index (χ0v) is 22.4. The van der Waals surface area contributed by atoms with E-state index in [9.17, 15) is 4.79 Å². The minimum Gasteiger partial charge on any atom is -0.480 e. The van der Waals surface area contributed by atoms with Gasteiger partial charge in [-0.15, -0.1) is 5.10 Å². The average molecular weight is 533 g/mol. The van der Waals surface area contributed by atoms with Crippen molar-refractivity contribution in [1.29, 1.82) is 0 Å². The number of carbonyl (C=O) groups excluding carboxylic acids is 1. The molecule has 4 heterocycles. The molecule has 200 valence electrons. The maximum atomic E-state index is 13.3. The lowest BCUT2D eigenvalue weighted by Crippen LogP contribution is -2.16. The number of rotatable bonds is 8. The topological polar surface area (TPSA) is 113 Å². The molecular weight excluding hydrogens is 504 g/mol. The molecule has 1 amide bonds. The Kier molecular flexibility index (Phi) is 6.65. The first-order chi connectivity index (χ1) is 19.6. The van der Waals surface area contributed by atoms with Gasteiger partial charge in [-0.2, -0.15) is 4.98 Å². The zero-order chi connectivity index (χ0) is 27.6. The number of nitrogens with zero attached hydrogens (tertiary/aromatic N) is 7. The number of fused-ring (bicyclic) bond motifs is 2. The third-order valence-corrected chi connectivity index (χ3v) is 6.88. The number of para-hydroxylation sites is 1. The molecule has 1 atom stereocenters. The van der Waals surface area contributed by atoms with Crippen LogP contribution in [0.4, 0.5) is 5.95 Å². The van der Waals surface area contributed by atoms with Gasteiger partial charge in [-0.25, -0.2) is 9.97 Å². The minimum absolute atomic E-state index is 0.173. The van der Waals surface area contributed by atoms with Crippen molar-refractivity contribution in [2.75, 3.05) is 12.4 Å². The van der Waals surface area contributed by atoms with Crippen LogP contribution in [0, 0.1) is 0 Å². The molecular formula is C30H28N8O2. The zero-order valence-electron chi connectivity index (χ0n) is 22.4. The van der Waals surface area contributed by atoms with E-state index in [1.165, 1.54) is 7.11 Å². The second-order valence-electron chi connectivity index (χ2n) is 9.25. The van der Waals surface area contributed by atoms with Gasteiger partial charge in [0.15, 0.2) is 5.65 Å². The van der Waals surface area contributed by atoms with Crippen molar-refractivity contribution in [3.8, 4) is 5.88 Å². The maximum Gasteiger partial charge on any atom is 0.263 e. The Hall–Kier alpha value is -5.12. The molecule has 0 spiro atoms. The fraction of sp³-hybridized carbons (Fsp3) is 0.200. The quantitative estimate of drug-likeness (QED) is 0.292. The lowest BCUT2D eigenvalue weighted by atomic mass is 9.93. The summed E-state index contributed by atoms with van der Waals surface area (Å²) in [6.45, 7) is 5.25. The largest absolute Gasteiger partial charge is 0.480 e. The number of benzene rings is 2. The molecule has 0 aliphatic carbocycles. The molecule has 6 aromatic rings. The van der Waals surface area contributed by atoms with Crippen LogP contribution < -0.4 is 10.1 Å². The van der Waals surface area contributed by atoms with Crippen LogP contribution in [-0.4, -0.2) is 47.3 Å². The number of ether oxygens (including phenoxy) is 1. The first-order valence-electron chi connectivity index (χ1n) is 13.2. The summed E-state index contributed by atoms with van der Waals surface area (Å²) < 4.78 is 9.24. The molecule has 1 unspecified atom stereocenters. The van der Waals surface area contributed by atoms with Gasteiger partial charge < -0.3 is 9.30 Å². The predicted octanol–water partition coefficient (Wildman–Crippen LogP) is 5.05. The smallest absolute Gasteiger partial charge is 0.263 e. The van der Waals surface area contributed by atoms with Crippen LogP contribution in [0.1, 0.15) is 47.2 Å². The fourth-order valence-electron chi connectivity index (χ4n) is 4.93. The number of imidazole rings is 1. The summed E-state index contributed by atoms with van der Waals surface area (Å²) in [7, 11) is 1.48. The van der Waals surface area contributed by atoms with E-state index >= 15 is 0 Å². The molecule has 0 radical (unpaired) electrons. The standard InChI is InChI=1S/C30H28N8O2/c1-4-37-18-31-30(36-37)35-28(39)21-17-24-26(34-29(21)40-3)33-27(38(24)5-2)25(20-12-7-6-8-13-20)23-16-15-19-11-9-10-14-22(19)32-23/h6-18,25H,4-5H2,1-3H3,(H,35,36,39). The van der Waals surface area contributed by atoms with Crippen molar-refractivity contribution < 1.29 is 9.53 Å². The minimum atomic E-state index is -0.415. The van der Waals surface area contributed by atoms with Gasteiger partial charge in [0.2, 0.25) is 11.8 Å².